The van der Waals surface area contributed by atoms with Crippen LogP contribution in [0.4, 0.5) is 0 Å². The molecule has 12 nitrogen and oxygen atoms in total. The number of carbonyl (C=O) groups excluding carboxylic acids is 4. The van der Waals surface area contributed by atoms with Crippen LogP contribution in [0.3, 0.4) is 0 Å². The summed E-state index contributed by atoms with van der Waals surface area (Å²) >= 11 is 0. The molecule has 8 bridgehead atoms. The molecule has 0 fully saturated rings. The van der Waals surface area contributed by atoms with Gasteiger partial charge in [0.1, 0.15) is 0 Å². The van der Waals surface area contributed by atoms with Crippen molar-refractivity contribution in [1.29, 1.82) is 0 Å². The zero-order valence-corrected chi connectivity index (χ0v) is 31.0. The molecule has 5 aliphatic heterocycles. The maximum atomic E-state index is 12.3. The molecule has 272 valence electrons. The van der Waals surface area contributed by atoms with Crippen molar-refractivity contribution in [1.82, 2.24) is 0 Å². The van der Waals surface area contributed by atoms with Crippen LogP contribution < -0.4 is 0 Å². The molecule has 0 N–H and O–H groups in total. The second-order valence-corrected chi connectivity index (χ2v) is 12.8. The molecule has 0 aromatic rings. The molecule has 0 saturated carbocycles. The lowest BCUT2D eigenvalue weighted by Crippen LogP contribution is -2.06. The Hall–Kier alpha value is -5.52. The molecule has 5 rings (SSSR count). The number of nitrogens with zero attached hydrogens (tertiary/aromatic N) is 4. The molecular weight excluding hydrogens is 664 g/mol. The van der Waals surface area contributed by atoms with Crippen LogP contribution in [0.1, 0.15) is 79.1 Å². The maximum Gasteiger partial charge on any atom is 0.305 e. The van der Waals surface area contributed by atoms with Gasteiger partial charge in [-0.3, -0.25) is 19.2 Å². The second kappa shape index (κ2) is 16.2. The van der Waals surface area contributed by atoms with Crippen LogP contribution in [0.5, 0.6) is 0 Å². The van der Waals surface area contributed by atoms with E-state index < -0.39 is 0 Å². The van der Waals surface area contributed by atoms with Crippen molar-refractivity contribution in [2.45, 2.75) is 79.1 Å². The summed E-state index contributed by atoms with van der Waals surface area (Å²) in [4.78, 5) is 69.3. The standard InChI is InChI=1S/C40H44N4O8/c1-21-25(9-13-37(45)49-5)33-18-31-23(3)26(10-14-38(46)50-6)34(43-31)19-32-24(4)28(12-16-40(48)52-8)36(44-32)20-35-27(11-15-39(47)51-7)22(2)30(42-35)17-29(21)41-33/h17-20H,9-16H2,1-8H3. The minimum absolute atomic E-state index is 0.157. The number of hydrogen-bond acceptors (Lipinski definition) is 12. The van der Waals surface area contributed by atoms with Crippen molar-refractivity contribution in [2.24, 2.45) is 20.0 Å². The lowest BCUT2D eigenvalue weighted by atomic mass is 9.95. The summed E-state index contributed by atoms with van der Waals surface area (Å²) in [7, 11) is 5.46. The summed E-state index contributed by atoms with van der Waals surface area (Å²) < 4.78 is 19.8. The Kier molecular flexibility index (Phi) is 11.8. The molecule has 12 heteroatoms. The van der Waals surface area contributed by atoms with Gasteiger partial charge in [-0.2, -0.15) is 0 Å². The number of ether oxygens (including phenoxy) is 4. The quantitative estimate of drug-likeness (QED) is 0.166. The monoisotopic (exact) mass is 708 g/mol. The van der Waals surface area contributed by atoms with Crippen molar-refractivity contribution in [3.8, 4) is 0 Å². The van der Waals surface area contributed by atoms with E-state index in [-0.39, 0.29) is 49.6 Å². The summed E-state index contributed by atoms with van der Waals surface area (Å²) in [5.41, 5.74) is 12.4. The predicted molar refractivity (Wildman–Crippen MR) is 198 cm³/mol. The van der Waals surface area contributed by atoms with E-state index in [0.717, 1.165) is 44.6 Å². The van der Waals surface area contributed by atoms with E-state index in [1.54, 1.807) is 0 Å². The average molecular weight is 709 g/mol. The van der Waals surface area contributed by atoms with Gasteiger partial charge in [0.15, 0.2) is 0 Å². The van der Waals surface area contributed by atoms with Crippen molar-refractivity contribution in [3.05, 3.63) is 91.7 Å². The molecular formula is C40H44N4O8. The minimum atomic E-state index is -0.338. The number of carbonyl (C=O) groups is 4. The van der Waals surface area contributed by atoms with Gasteiger partial charge in [-0.1, -0.05) is 0 Å². The summed E-state index contributed by atoms with van der Waals surface area (Å²) in [6, 6.07) is 0. The molecule has 5 aliphatic rings. The summed E-state index contributed by atoms with van der Waals surface area (Å²) in [6.45, 7) is 7.86. The molecule has 0 atom stereocenters. The molecule has 0 saturated heterocycles. The number of aliphatic imine (C=N–C) groups is 4. The molecule has 0 spiro atoms. The van der Waals surface area contributed by atoms with Crippen LogP contribution in [0.25, 0.3) is 0 Å². The van der Waals surface area contributed by atoms with Gasteiger partial charge in [-0.25, -0.2) is 20.0 Å². The van der Waals surface area contributed by atoms with Crippen molar-refractivity contribution in [3.63, 3.8) is 0 Å². The first-order valence-electron chi connectivity index (χ1n) is 17.2. The molecule has 0 aromatic carbocycles. The molecule has 0 radical (unpaired) electrons. The van der Waals surface area contributed by atoms with Gasteiger partial charge in [-0.05, 0) is 122 Å². The van der Waals surface area contributed by atoms with E-state index in [1.807, 2.05) is 52.0 Å². The van der Waals surface area contributed by atoms with E-state index in [0.29, 0.717) is 71.3 Å². The van der Waals surface area contributed by atoms with Gasteiger partial charge in [0.2, 0.25) is 0 Å². The predicted octanol–water partition coefficient (Wildman–Crippen LogP) is 6.43. The third-order valence-corrected chi connectivity index (χ3v) is 9.87. The number of fused-ring (bicyclic) bond motifs is 4. The van der Waals surface area contributed by atoms with E-state index in [2.05, 4.69) is 0 Å². The van der Waals surface area contributed by atoms with Gasteiger partial charge in [0.05, 0.1) is 74.1 Å². The highest BCUT2D eigenvalue weighted by molar-refractivity contribution is 6.20. The van der Waals surface area contributed by atoms with Gasteiger partial charge in [-0.15, -0.1) is 0 Å². The van der Waals surface area contributed by atoms with Crippen LogP contribution in [-0.4, -0.2) is 75.2 Å². The largest absolute Gasteiger partial charge is 0.469 e. The minimum Gasteiger partial charge on any atom is -0.469 e. The topological polar surface area (TPSA) is 155 Å². The third-order valence-electron chi connectivity index (χ3n) is 9.87. The fourth-order valence-electron chi connectivity index (χ4n) is 6.65. The fourth-order valence-corrected chi connectivity index (χ4v) is 6.65. The Bertz CT molecular complexity index is 2020. The smallest absolute Gasteiger partial charge is 0.305 e. The molecule has 0 amide bonds. The zero-order valence-electron chi connectivity index (χ0n) is 31.0. The zero-order chi connectivity index (χ0) is 37.7. The van der Waals surface area contributed by atoms with Crippen LogP contribution in [0.15, 0.2) is 112 Å². The van der Waals surface area contributed by atoms with Gasteiger partial charge >= 0.3 is 23.9 Å². The summed E-state index contributed by atoms with van der Waals surface area (Å²) in [5.74, 6) is -1.34. The highest BCUT2D eigenvalue weighted by Crippen LogP contribution is 2.38. The Morgan fingerprint density at radius 3 is 1.00 bits per heavy atom. The lowest BCUT2D eigenvalue weighted by Gasteiger charge is -2.08. The van der Waals surface area contributed by atoms with E-state index in [1.165, 1.54) is 28.4 Å². The van der Waals surface area contributed by atoms with E-state index in [4.69, 9.17) is 38.9 Å². The number of methoxy groups -OCH3 is 4. The first kappa shape index (κ1) is 37.7. The molecule has 5 heterocycles. The summed E-state index contributed by atoms with van der Waals surface area (Å²) in [5, 5.41) is 0. The highest BCUT2D eigenvalue weighted by atomic mass is 16.5. The summed E-state index contributed by atoms with van der Waals surface area (Å²) in [6.07, 6.45) is 9.88. The second-order valence-electron chi connectivity index (χ2n) is 12.8. The average Bonchev–Trinajstić information content (AvgIpc) is 3.80. The fraction of sp³-hybridized carbons (Fsp3) is 0.400. The number of allylic oxidation sites excluding steroid dienone is 12. The Balaban J connectivity index is 1.74. The van der Waals surface area contributed by atoms with Crippen LogP contribution in [0, 0.1) is 0 Å². The maximum absolute atomic E-state index is 12.3. The van der Waals surface area contributed by atoms with Gasteiger partial charge < -0.3 is 18.9 Å². The Labute approximate surface area is 303 Å². The van der Waals surface area contributed by atoms with Crippen molar-refractivity contribution >= 4 is 46.7 Å². The molecule has 0 aromatic heterocycles. The highest BCUT2D eigenvalue weighted by Gasteiger charge is 2.30. The van der Waals surface area contributed by atoms with E-state index in [9.17, 15) is 19.2 Å². The van der Waals surface area contributed by atoms with Crippen molar-refractivity contribution in [2.75, 3.05) is 28.4 Å². The first-order valence-corrected chi connectivity index (χ1v) is 17.2. The van der Waals surface area contributed by atoms with Crippen molar-refractivity contribution < 1.29 is 38.1 Å². The SMILES string of the molecule is COC(=O)CCC1=C(C)C2=NC1=CC1=NC(=CC3=NC(=CC4=NC(=C2)C(C)=C4CCC(=O)OC)C(C)=C3CCC(=O)OC)C(C)=C1CCC(=O)OC. The third kappa shape index (κ3) is 8.01. The van der Waals surface area contributed by atoms with Crippen LogP contribution in [-0.2, 0) is 38.1 Å². The van der Waals surface area contributed by atoms with Crippen LogP contribution in [0.2, 0.25) is 0 Å². The number of esters is 4. The van der Waals surface area contributed by atoms with E-state index >= 15 is 0 Å². The Morgan fingerprint density at radius 2 is 0.673 bits per heavy atom. The van der Waals surface area contributed by atoms with Gasteiger partial charge in [0.25, 0.3) is 0 Å². The number of hydrogen-bond donors (Lipinski definition) is 0. The lowest BCUT2D eigenvalue weighted by molar-refractivity contribution is -0.141. The molecule has 52 heavy (non-hydrogen) atoms. The van der Waals surface area contributed by atoms with Gasteiger partial charge in [0, 0.05) is 25.7 Å². The first-order chi connectivity index (χ1) is 24.9. The molecule has 0 aliphatic carbocycles. The number of rotatable bonds is 12. The normalized spacial score (nSPS) is 18.0. The van der Waals surface area contributed by atoms with Crippen LogP contribution >= 0.6 is 0 Å². The molecule has 0 unspecified atom stereocenters. The Morgan fingerprint density at radius 1 is 0.404 bits per heavy atom.